The Morgan fingerprint density at radius 2 is 2.04 bits per heavy atom. The normalized spacial score (nSPS) is 11.7. The van der Waals surface area contributed by atoms with Gasteiger partial charge in [-0.25, -0.2) is 4.98 Å². The minimum Gasteiger partial charge on any atom is -0.491 e. The molecule has 1 aromatic heterocycles. The SMILES string of the molecule is CC(=O)Nc1cccnc1OCCNCC(O)COc1ccccc1C. The van der Waals surface area contributed by atoms with E-state index in [0.29, 0.717) is 31.3 Å². The number of carbonyl (C=O) groups excluding carboxylic acids is 1. The third-order valence-corrected chi connectivity index (χ3v) is 3.50. The van der Waals surface area contributed by atoms with Gasteiger partial charge in [-0.2, -0.15) is 0 Å². The lowest BCUT2D eigenvalue weighted by Crippen LogP contribution is -2.33. The Morgan fingerprint density at radius 1 is 1.23 bits per heavy atom. The first-order valence-electron chi connectivity index (χ1n) is 8.49. The van der Waals surface area contributed by atoms with E-state index in [-0.39, 0.29) is 12.5 Å². The topological polar surface area (TPSA) is 92.7 Å². The Hall–Kier alpha value is -2.64. The van der Waals surface area contributed by atoms with Crippen LogP contribution < -0.4 is 20.1 Å². The summed E-state index contributed by atoms with van der Waals surface area (Å²) in [5.74, 6) is 0.959. The number of para-hydroxylation sites is 1. The number of hydrogen-bond donors (Lipinski definition) is 3. The van der Waals surface area contributed by atoms with E-state index < -0.39 is 6.10 Å². The van der Waals surface area contributed by atoms with Gasteiger partial charge in [-0.1, -0.05) is 18.2 Å². The number of nitrogens with one attached hydrogen (secondary N) is 2. The number of nitrogens with zero attached hydrogens (tertiary/aromatic N) is 1. The van der Waals surface area contributed by atoms with Crippen molar-refractivity contribution in [3.63, 3.8) is 0 Å². The quantitative estimate of drug-likeness (QED) is 0.560. The smallest absolute Gasteiger partial charge is 0.237 e. The Bertz CT molecular complexity index is 709. The van der Waals surface area contributed by atoms with Gasteiger partial charge in [-0.05, 0) is 30.7 Å². The molecule has 140 valence electrons. The first kappa shape index (κ1) is 19.7. The molecule has 3 N–H and O–H groups in total. The van der Waals surface area contributed by atoms with Crippen molar-refractivity contribution >= 4 is 11.6 Å². The highest BCUT2D eigenvalue weighted by Gasteiger charge is 2.08. The second-order valence-corrected chi connectivity index (χ2v) is 5.82. The van der Waals surface area contributed by atoms with Crippen LogP contribution in [-0.2, 0) is 4.79 Å². The molecule has 0 bridgehead atoms. The number of anilines is 1. The fourth-order valence-corrected chi connectivity index (χ4v) is 2.24. The number of carbonyl (C=O) groups is 1. The predicted molar refractivity (Wildman–Crippen MR) is 99.6 cm³/mol. The minimum absolute atomic E-state index is 0.183. The molecular formula is C19H25N3O4. The Kier molecular flexibility index (Phi) is 7.85. The van der Waals surface area contributed by atoms with Crippen molar-refractivity contribution in [2.24, 2.45) is 0 Å². The lowest BCUT2D eigenvalue weighted by Gasteiger charge is -2.15. The average molecular weight is 359 g/mol. The summed E-state index contributed by atoms with van der Waals surface area (Å²) in [6.45, 7) is 4.87. The van der Waals surface area contributed by atoms with E-state index >= 15 is 0 Å². The van der Waals surface area contributed by atoms with Crippen molar-refractivity contribution in [1.82, 2.24) is 10.3 Å². The molecule has 1 amide bonds. The van der Waals surface area contributed by atoms with Gasteiger partial charge in [0.15, 0.2) is 0 Å². The van der Waals surface area contributed by atoms with Gasteiger partial charge in [0.1, 0.15) is 30.8 Å². The lowest BCUT2D eigenvalue weighted by molar-refractivity contribution is -0.114. The molecule has 1 heterocycles. The van der Waals surface area contributed by atoms with Crippen molar-refractivity contribution in [2.45, 2.75) is 20.0 Å². The number of aromatic nitrogens is 1. The summed E-state index contributed by atoms with van der Waals surface area (Å²) in [5, 5.41) is 15.7. The maximum Gasteiger partial charge on any atom is 0.237 e. The molecule has 2 aromatic rings. The van der Waals surface area contributed by atoms with Gasteiger partial charge >= 0.3 is 0 Å². The van der Waals surface area contributed by atoms with Gasteiger partial charge in [0.2, 0.25) is 11.8 Å². The zero-order chi connectivity index (χ0) is 18.8. The van der Waals surface area contributed by atoms with E-state index in [4.69, 9.17) is 9.47 Å². The van der Waals surface area contributed by atoms with Crippen molar-refractivity contribution in [1.29, 1.82) is 0 Å². The second kappa shape index (κ2) is 10.4. The van der Waals surface area contributed by atoms with Gasteiger partial charge in [0.05, 0.1) is 0 Å². The van der Waals surface area contributed by atoms with Crippen molar-refractivity contribution in [2.75, 3.05) is 31.6 Å². The highest BCUT2D eigenvalue weighted by molar-refractivity contribution is 5.89. The zero-order valence-electron chi connectivity index (χ0n) is 15.1. The molecule has 0 saturated heterocycles. The minimum atomic E-state index is -0.626. The molecule has 0 aliphatic heterocycles. The van der Waals surface area contributed by atoms with Crippen molar-refractivity contribution in [3.05, 3.63) is 48.2 Å². The predicted octanol–water partition coefficient (Wildman–Crippen LogP) is 1.76. The van der Waals surface area contributed by atoms with Crippen LogP contribution in [-0.4, -0.2) is 48.4 Å². The van der Waals surface area contributed by atoms with E-state index in [0.717, 1.165) is 11.3 Å². The van der Waals surface area contributed by atoms with Crippen molar-refractivity contribution in [3.8, 4) is 11.6 Å². The Morgan fingerprint density at radius 3 is 2.81 bits per heavy atom. The Labute approximate surface area is 153 Å². The summed E-state index contributed by atoms with van der Waals surface area (Å²) in [5.41, 5.74) is 1.57. The number of benzene rings is 1. The molecular weight excluding hydrogens is 334 g/mol. The monoisotopic (exact) mass is 359 g/mol. The van der Waals surface area contributed by atoms with Crippen LogP contribution in [0.4, 0.5) is 5.69 Å². The number of aryl methyl sites for hydroxylation is 1. The van der Waals surface area contributed by atoms with Crippen LogP contribution >= 0.6 is 0 Å². The first-order chi connectivity index (χ1) is 12.6. The van der Waals surface area contributed by atoms with E-state index in [2.05, 4.69) is 15.6 Å². The van der Waals surface area contributed by atoms with Gasteiger partial charge in [0.25, 0.3) is 0 Å². The number of aliphatic hydroxyl groups excluding tert-OH is 1. The third kappa shape index (κ3) is 6.70. The third-order valence-electron chi connectivity index (χ3n) is 3.50. The zero-order valence-corrected chi connectivity index (χ0v) is 15.1. The summed E-state index contributed by atoms with van der Waals surface area (Å²) in [6, 6.07) is 11.1. The summed E-state index contributed by atoms with van der Waals surface area (Å²) in [4.78, 5) is 15.3. The molecule has 26 heavy (non-hydrogen) atoms. The molecule has 0 fully saturated rings. The summed E-state index contributed by atoms with van der Waals surface area (Å²) in [7, 11) is 0. The van der Waals surface area contributed by atoms with Crippen LogP contribution in [0.25, 0.3) is 0 Å². The fraction of sp³-hybridized carbons (Fsp3) is 0.368. The number of ether oxygens (including phenoxy) is 2. The molecule has 0 saturated carbocycles. The average Bonchev–Trinajstić information content (AvgIpc) is 2.61. The lowest BCUT2D eigenvalue weighted by atomic mass is 10.2. The molecule has 7 heteroatoms. The maximum atomic E-state index is 11.2. The number of aliphatic hydroxyl groups is 1. The molecule has 0 radical (unpaired) electrons. The van der Waals surface area contributed by atoms with Gasteiger partial charge in [-0.15, -0.1) is 0 Å². The largest absolute Gasteiger partial charge is 0.491 e. The molecule has 1 aromatic carbocycles. The van der Waals surface area contributed by atoms with Crippen LogP contribution in [0.1, 0.15) is 12.5 Å². The molecule has 2 rings (SSSR count). The highest BCUT2D eigenvalue weighted by atomic mass is 16.5. The number of rotatable bonds is 10. The van der Waals surface area contributed by atoms with Gasteiger partial charge < -0.3 is 25.2 Å². The van der Waals surface area contributed by atoms with E-state index in [9.17, 15) is 9.90 Å². The van der Waals surface area contributed by atoms with E-state index in [1.807, 2.05) is 31.2 Å². The summed E-state index contributed by atoms with van der Waals surface area (Å²) < 4.78 is 11.2. The molecule has 7 nitrogen and oxygen atoms in total. The molecule has 0 spiro atoms. The van der Waals surface area contributed by atoms with E-state index in [1.54, 1.807) is 18.3 Å². The van der Waals surface area contributed by atoms with Crippen LogP contribution in [0.15, 0.2) is 42.6 Å². The first-order valence-corrected chi connectivity index (χ1v) is 8.49. The van der Waals surface area contributed by atoms with Crippen LogP contribution in [0.2, 0.25) is 0 Å². The standard InChI is InChI=1S/C19H25N3O4/c1-14-6-3-4-8-18(14)26-13-16(24)12-20-10-11-25-19-17(22-15(2)23)7-5-9-21-19/h3-9,16,20,24H,10-13H2,1-2H3,(H,22,23). The Balaban J connectivity index is 1.65. The van der Waals surface area contributed by atoms with Crippen LogP contribution in [0.3, 0.4) is 0 Å². The molecule has 1 atom stereocenters. The van der Waals surface area contributed by atoms with Crippen LogP contribution in [0, 0.1) is 6.92 Å². The second-order valence-electron chi connectivity index (χ2n) is 5.82. The number of pyridine rings is 1. The summed E-state index contributed by atoms with van der Waals surface area (Å²) >= 11 is 0. The molecule has 0 aliphatic carbocycles. The number of hydrogen-bond acceptors (Lipinski definition) is 6. The summed E-state index contributed by atoms with van der Waals surface area (Å²) in [6.07, 6.45) is 0.972. The number of amides is 1. The highest BCUT2D eigenvalue weighted by Crippen LogP contribution is 2.20. The van der Waals surface area contributed by atoms with Gasteiger partial charge in [0, 0.05) is 26.2 Å². The fourth-order valence-electron chi connectivity index (χ4n) is 2.24. The van der Waals surface area contributed by atoms with Crippen LogP contribution in [0.5, 0.6) is 11.6 Å². The molecule has 1 unspecified atom stereocenters. The van der Waals surface area contributed by atoms with E-state index in [1.165, 1.54) is 6.92 Å². The molecule has 0 aliphatic rings. The maximum absolute atomic E-state index is 11.2. The van der Waals surface area contributed by atoms with Gasteiger partial charge in [-0.3, -0.25) is 4.79 Å². The van der Waals surface area contributed by atoms with Crippen molar-refractivity contribution < 1.29 is 19.4 Å².